The number of hydrogen-bond donors (Lipinski definition) is 2. The van der Waals surface area contributed by atoms with Gasteiger partial charge in [-0.15, -0.1) is 11.8 Å². The van der Waals surface area contributed by atoms with Gasteiger partial charge in [0.1, 0.15) is 10.6 Å². The van der Waals surface area contributed by atoms with Crippen molar-refractivity contribution < 1.29 is 9.90 Å². The number of carboxylic acid groups (broad SMARTS) is 1. The highest BCUT2D eigenvalue weighted by Gasteiger charge is 2.28. The van der Waals surface area contributed by atoms with E-state index in [2.05, 4.69) is 10.3 Å². The van der Waals surface area contributed by atoms with Gasteiger partial charge in [0, 0.05) is 30.9 Å². The molecule has 0 saturated carbocycles. The molecule has 1 heterocycles. The number of aryl methyl sites for hydroxylation is 1. The molecule has 2 rings (SSSR count). The third-order valence-electron chi connectivity index (χ3n) is 3.34. The van der Waals surface area contributed by atoms with E-state index in [0.717, 1.165) is 22.8 Å². The highest BCUT2D eigenvalue weighted by molar-refractivity contribution is 8.01. The van der Waals surface area contributed by atoms with Gasteiger partial charge in [-0.25, -0.2) is 4.98 Å². The third-order valence-corrected chi connectivity index (χ3v) is 4.54. The van der Waals surface area contributed by atoms with Gasteiger partial charge in [-0.2, -0.15) is 0 Å². The summed E-state index contributed by atoms with van der Waals surface area (Å²) in [6, 6.07) is 7.97. The number of hydrogen-bond acceptors (Lipinski definition) is 4. The fourth-order valence-corrected chi connectivity index (χ4v) is 2.85. The van der Waals surface area contributed by atoms with Crippen molar-refractivity contribution in [3.8, 4) is 0 Å². The second-order valence-corrected chi connectivity index (χ2v) is 7.32. The molecule has 0 saturated heterocycles. The van der Waals surface area contributed by atoms with Crippen LogP contribution in [-0.2, 0) is 24.9 Å². The SMILES string of the molecule is Cn1ccnc1CNCc1ccc(SC(C)(C)C(=O)O)cc1. The molecule has 5 nitrogen and oxygen atoms in total. The first-order valence-electron chi connectivity index (χ1n) is 7.07. The van der Waals surface area contributed by atoms with E-state index in [0.29, 0.717) is 6.54 Å². The maximum Gasteiger partial charge on any atom is 0.319 e. The molecular formula is C16H21N3O2S. The zero-order chi connectivity index (χ0) is 16.2. The van der Waals surface area contributed by atoms with Crippen molar-refractivity contribution in [2.75, 3.05) is 0 Å². The summed E-state index contributed by atoms with van der Waals surface area (Å²) >= 11 is 1.35. The number of carbonyl (C=O) groups is 1. The first-order chi connectivity index (χ1) is 10.4. The molecule has 0 fully saturated rings. The molecule has 22 heavy (non-hydrogen) atoms. The number of rotatable bonds is 7. The van der Waals surface area contributed by atoms with Crippen molar-refractivity contribution >= 4 is 17.7 Å². The number of carboxylic acids is 1. The molecule has 0 aliphatic heterocycles. The van der Waals surface area contributed by atoms with Crippen molar-refractivity contribution in [3.05, 3.63) is 48.0 Å². The van der Waals surface area contributed by atoms with Crippen LogP contribution in [0.15, 0.2) is 41.6 Å². The Bertz CT molecular complexity index is 635. The maximum atomic E-state index is 11.1. The van der Waals surface area contributed by atoms with Gasteiger partial charge < -0.3 is 15.0 Å². The molecule has 0 aliphatic rings. The Morgan fingerprint density at radius 3 is 2.55 bits per heavy atom. The lowest BCUT2D eigenvalue weighted by Gasteiger charge is -2.18. The summed E-state index contributed by atoms with van der Waals surface area (Å²) < 4.78 is 1.17. The topological polar surface area (TPSA) is 67.2 Å². The number of benzene rings is 1. The van der Waals surface area contributed by atoms with Crippen LogP contribution in [0.4, 0.5) is 0 Å². The highest BCUT2D eigenvalue weighted by Crippen LogP contribution is 2.32. The molecule has 0 atom stereocenters. The van der Waals surface area contributed by atoms with E-state index in [4.69, 9.17) is 5.11 Å². The number of nitrogens with zero attached hydrogens (tertiary/aromatic N) is 2. The third kappa shape index (κ3) is 4.35. The van der Waals surface area contributed by atoms with Crippen LogP contribution in [0.2, 0.25) is 0 Å². The monoisotopic (exact) mass is 319 g/mol. The molecule has 6 heteroatoms. The molecular weight excluding hydrogens is 298 g/mol. The van der Waals surface area contributed by atoms with Crippen LogP contribution in [0, 0.1) is 0 Å². The number of aromatic nitrogens is 2. The summed E-state index contributed by atoms with van der Waals surface area (Å²) in [7, 11) is 1.97. The zero-order valence-electron chi connectivity index (χ0n) is 13.0. The average molecular weight is 319 g/mol. The Morgan fingerprint density at radius 2 is 2.00 bits per heavy atom. The Morgan fingerprint density at radius 1 is 1.32 bits per heavy atom. The van der Waals surface area contributed by atoms with Crippen LogP contribution >= 0.6 is 11.8 Å². The summed E-state index contributed by atoms with van der Waals surface area (Å²) in [5, 5.41) is 12.5. The molecule has 0 radical (unpaired) electrons. The minimum Gasteiger partial charge on any atom is -0.480 e. The van der Waals surface area contributed by atoms with E-state index in [1.807, 2.05) is 42.1 Å². The van der Waals surface area contributed by atoms with Crippen LogP contribution < -0.4 is 5.32 Å². The van der Waals surface area contributed by atoms with Gasteiger partial charge in [-0.05, 0) is 31.5 Å². The second-order valence-electron chi connectivity index (χ2n) is 5.62. The van der Waals surface area contributed by atoms with E-state index in [1.165, 1.54) is 11.8 Å². The van der Waals surface area contributed by atoms with Gasteiger partial charge in [0.25, 0.3) is 0 Å². The van der Waals surface area contributed by atoms with E-state index < -0.39 is 10.7 Å². The first-order valence-corrected chi connectivity index (χ1v) is 7.88. The normalized spacial score (nSPS) is 11.6. The zero-order valence-corrected chi connectivity index (χ0v) is 13.9. The van der Waals surface area contributed by atoms with E-state index >= 15 is 0 Å². The number of imidazole rings is 1. The van der Waals surface area contributed by atoms with E-state index in [-0.39, 0.29) is 0 Å². The van der Waals surface area contributed by atoms with Crippen molar-refractivity contribution in [2.45, 2.75) is 36.6 Å². The summed E-state index contributed by atoms with van der Waals surface area (Å²) in [6.45, 7) is 4.89. The highest BCUT2D eigenvalue weighted by atomic mass is 32.2. The molecule has 0 spiro atoms. The Kier molecular flexibility index (Phi) is 5.26. The van der Waals surface area contributed by atoms with Crippen molar-refractivity contribution in [3.63, 3.8) is 0 Å². The lowest BCUT2D eigenvalue weighted by atomic mass is 10.2. The van der Waals surface area contributed by atoms with E-state index in [9.17, 15) is 4.79 Å². The average Bonchev–Trinajstić information content (AvgIpc) is 2.86. The predicted molar refractivity (Wildman–Crippen MR) is 87.8 cm³/mol. The standard InChI is InChI=1S/C16H21N3O2S/c1-16(2,15(20)21)22-13-6-4-12(5-7-13)10-17-11-14-18-8-9-19(14)3/h4-9,17H,10-11H2,1-3H3,(H,20,21). The summed E-state index contributed by atoms with van der Waals surface area (Å²) in [5.74, 6) is 0.189. The largest absolute Gasteiger partial charge is 0.480 e. The Balaban J connectivity index is 1.87. The molecule has 0 bridgehead atoms. The number of nitrogens with one attached hydrogen (secondary N) is 1. The maximum absolute atomic E-state index is 11.1. The fraction of sp³-hybridized carbons (Fsp3) is 0.375. The second kappa shape index (κ2) is 6.98. The summed E-state index contributed by atoms with van der Waals surface area (Å²) in [4.78, 5) is 16.4. The van der Waals surface area contributed by atoms with E-state index in [1.54, 1.807) is 20.0 Å². The first kappa shape index (κ1) is 16.6. The number of thioether (sulfide) groups is 1. The van der Waals surface area contributed by atoms with Gasteiger partial charge in [0.2, 0.25) is 0 Å². The van der Waals surface area contributed by atoms with Crippen molar-refractivity contribution in [1.82, 2.24) is 14.9 Å². The molecule has 0 unspecified atom stereocenters. The molecule has 1 aromatic carbocycles. The van der Waals surface area contributed by atoms with Crippen LogP contribution in [0.25, 0.3) is 0 Å². The molecule has 1 aromatic heterocycles. The van der Waals surface area contributed by atoms with Crippen LogP contribution in [0.1, 0.15) is 25.2 Å². The fourth-order valence-electron chi connectivity index (χ4n) is 1.90. The van der Waals surface area contributed by atoms with Crippen molar-refractivity contribution in [2.24, 2.45) is 7.05 Å². The lowest BCUT2D eigenvalue weighted by Crippen LogP contribution is -2.26. The Labute approximate surface area is 134 Å². The molecule has 2 N–H and O–H groups in total. The number of aliphatic carboxylic acids is 1. The predicted octanol–water partition coefficient (Wildman–Crippen LogP) is 2.67. The molecule has 0 amide bonds. The van der Waals surface area contributed by atoms with Crippen LogP contribution in [-0.4, -0.2) is 25.4 Å². The van der Waals surface area contributed by atoms with Crippen LogP contribution in [0.5, 0.6) is 0 Å². The summed E-state index contributed by atoms with van der Waals surface area (Å²) in [5.41, 5.74) is 1.16. The van der Waals surface area contributed by atoms with Crippen molar-refractivity contribution in [1.29, 1.82) is 0 Å². The van der Waals surface area contributed by atoms with Gasteiger partial charge >= 0.3 is 5.97 Å². The van der Waals surface area contributed by atoms with Gasteiger partial charge in [0.05, 0.1) is 6.54 Å². The molecule has 0 aliphatic carbocycles. The lowest BCUT2D eigenvalue weighted by molar-refractivity contribution is -0.138. The smallest absolute Gasteiger partial charge is 0.319 e. The van der Waals surface area contributed by atoms with Gasteiger partial charge in [-0.1, -0.05) is 12.1 Å². The minimum absolute atomic E-state index is 0.714. The minimum atomic E-state index is -0.821. The van der Waals surface area contributed by atoms with Crippen LogP contribution in [0.3, 0.4) is 0 Å². The van der Waals surface area contributed by atoms with Gasteiger partial charge in [-0.3, -0.25) is 4.79 Å². The Hall–Kier alpha value is -1.79. The molecule has 2 aromatic rings. The molecule has 118 valence electrons. The quantitative estimate of drug-likeness (QED) is 0.768. The summed E-state index contributed by atoms with van der Waals surface area (Å²) in [6.07, 6.45) is 3.71. The van der Waals surface area contributed by atoms with Gasteiger partial charge in [0.15, 0.2) is 0 Å².